The van der Waals surface area contributed by atoms with Crippen LogP contribution < -0.4 is 10.5 Å². The first-order chi connectivity index (χ1) is 8.88. The van der Waals surface area contributed by atoms with E-state index in [0.717, 1.165) is 6.07 Å². The summed E-state index contributed by atoms with van der Waals surface area (Å²) in [6.07, 6.45) is -4.75. The first-order valence-corrected chi connectivity index (χ1v) is 6.03. The molecule has 0 amide bonds. The van der Waals surface area contributed by atoms with E-state index in [2.05, 4.69) is 0 Å². The molecule has 0 aromatic heterocycles. The minimum atomic E-state index is -4.43. The van der Waals surface area contributed by atoms with Gasteiger partial charge in [0.2, 0.25) is 0 Å². The molecule has 1 aromatic carbocycles. The summed E-state index contributed by atoms with van der Waals surface area (Å²) in [5, 5.41) is 0. The normalized spacial score (nSPS) is 13.4. The average Bonchev–Trinajstić information content (AvgIpc) is 2.35. The molecular weight excluding hydrogens is 259 g/mol. The van der Waals surface area contributed by atoms with Gasteiger partial charge in [-0.05, 0) is 31.5 Å². The lowest BCUT2D eigenvalue weighted by molar-refractivity contribution is -0.138. The first kappa shape index (κ1) is 15.8. The van der Waals surface area contributed by atoms with Crippen LogP contribution in [0.1, 0.15) is 25.0 Å². The fourth-order valence-electron chi connectivity index (χ4n) is 1.62. The topological polar surface area (TPSA) is 44.5 Å². The van der Waals surface area contributed by atoms with Gasteiger partial charge in [0.15, 0.2) is 0 Å². The van der Waals surface area contributed by atoms with Crippen LogP contribution >= 0.6 is 0 Å². The molecule has 0 saturated carbocycles. The molecule has 0 heterocycles. The smallest absolute Gasteiger partial charge is 0.416 e. The van der Waals surface area contributed by atoms with Crippen LogP contribution in [-0.2, 0) is 17.5 Å². The molecule has 6 heteroatoms. The molecule has 0 aliphatic rings. The summed E-state index contributed by atoms with van der Waals surface area (Å²) in [7, 11) is 0. The maximum atomic E-state index is 12.8. The van der Waals surface area contributed by atoms with E-state index in [9.17, 15) is 13.2 Å². The fourth-order valence-corrected chi connectivity index (χ4v) is 1.62. The fraction of sp³-hybridized carbons (Fsp3) is 0.538. The van der Waals surface area contributed by atoms with Crippen LogP contribution in [0.25, 0.3) is 0 Å². The van der Waals surface area contributed by atoms with Crippen molar-refractivity contribution in [1.29, 1.82) is 0 Å². The molecule has 3 nitrogen and oxygen atoms in total. The van der Waals surface area contributed by atoms with Gasteiger partial charge in [-0.25, -0.2) is 0 Å². The molecule has 0 aliphatic heterocycles. The number of benzene rings is 1. The molecule has 2 N–H and O–H groups in total. The Kier molecular flexibility index (Phi) is 5.62. The van der Waals surface area contributed by atoms with Gasteiger partial charge in [0.25, 0.3) is 0 Å². The third kappa shape index (κ3) is 4.72. The van der Waals surface area contributed by atoms with Crippen molar-refractivity contribution in [3.63, 3.8) is 0 Å². The Hall–Kier alpha value is -1.27. The number of hydrogen-bond donors (Lipinski definition) is 1. The molecule has 0 aliphatic carbocycles. The van der Waals surface area contributed by atoms with E-state index in [1.807, 2.05) is 6.92 Å². The Labute approximate surface area is 110 Å². The van der Waals surface area contributed by atoms with Gasteiger partial charge in [-0.2, -0.15) is 13.2 Å². The van der Waals surface area contributed by atoms with Crippen LogP contribution in [0.2, 0.25) is 0 Å². The average molecular weight is 277 g/mol. The highest BCUT2D eigenvalue weighted by Crippen LogP contribution is 2.34. The minimum Gasteiger partial charge on any atom is -0.488 e. The van der Waals surface area contributed by atoms with Crippen LogP contribution in [0, 0.1) is 0 Å². The number of ether oxygens (including phenoxy) is 2. The van der Waals surface area contributed by atoms with Gasteiger partial charge in [-0.3, -0.25) is 0 Å². The lowest BCUT2D eigenvalue weighted by Gasteiger charge is -2.17. The molecule has 1 aromatic rings. The Morgan fingerprint density at radius 2 is 2.00 bits per heavy atom. The number of nitrogens with two attached hydrogens (primary N) is 1. The van der Waals surface area contributed by atoms with Crippen molar-refractivity contribution in [3.05, 3.63) is 29.3 Å². The molecule has 0 fully saturated rings. The van der Waals surface area contributed by atoms with Crippen molar-refractivity contribution in [3.8, 4) is 5.75 Å². The number of hydrogen-bond acceptors (Lipinski definition) is 3. The highest BCUT2D eigenvalue weighted by atomic mass is 19.4. The largest absolute Gasteiger partial charge is 0.488 e. The lowest BCUT2D eigenvalue weighted by Crippen LogP contribution is -2.20. The first-order valence-electron chi connectivity index (χ1n) is 6.03. The van der Waals surface area contributed by atoms with Gasteiger partial charge in [-0.15, -0.1) is 0 Å². The molecule has 0 spiro atoms. The summed E-state index contributed by atoms with van der Waals surface area (Å²) in [5.74, 6) is 0.164. The molecular formula is C13H18F3NO2. The molecule has 108 valence electrons. The van der Waals surface area contributed by atoms with Crippen molar-refractivity contribution < 1.29 is 22.6 Å². The quantitative estimate of drug-likeness (QED) is 0.869. The van der Waals surface area contributed by atoms with Gasteiger partial charge in [0.1, 0.15) is 11.9 Å². The molecule has 19 heavy (non-hydrogen) atoms. The Balaban J connectivity index is 2.86. The van der Waals surface area contributed by atoms with E-state index in [0.29, 0.717) is 13.2 Å². The second-order valence-corrected chi connectivity index (χ2v) is 4.11. The molecule has 1 rings (SSSR count). The summed E-state index contributed by atoms with van der Waals surface area (Å²) >= 11 is 0. The van der Waals surface area contributed by atoms with Crippen LogP contribution in [-0.4, -0.2) is 19.3 Å². The number of rotatable bonds is 6. The van der Waals surface area contributed by atoms with Crippen molar-refractivity contribution in [2.75, 3.05) is 13.2 Å². The monoisotopic (exact) mass is 277 g/mol. The number of halogens is 3. The van der Waals surface area contributed by atoms with Gasteiger partial charge in [0, 0.05) is 13.2 Å². The second kappa shape index (κ2) is 6.77. The van der Waals surface area contributed by atoms with Gasteiger partial charge < -0.3 is 15.2 Å². The van der Waals surface area contributed by atoms with E-state index in [1.165, 1.54) is 12.1 Å². The Morgan fingerprint density at radius 3 is 2.53 bits per heavy atom. The highest BCUT2D eigenvalue weighted by Gasteiger charge is 2.33. The maximum Gasteiger partial charge on any atom is 0.416 e. The highest BCUT2D eigenvalue weighted by molar-refractivity contribution is 5.37. The SMILES string of the molecule is CCOCC(C)Oc1ccc(CN)c(C(F)(F)F)c1. The summed E-state index contributed by atoms with van der Waals surface area (Å²) in [6, 6.07) is 3.80. The summed E-state index contributed by atoms with van der Waals surface area (Å²) in [4.78, 5) is 0. The zero-order valence-electron chi connectivity index (χ0n) is 11.0. The van der Waals surface area contributed by atoms with Crippen LogP contribution in [0.3, 0.4) is 0 Å². The second-order valence-electron chi connectivity index (χ2n) is 4.11. The van der Waals surface area contributed by atoms with Crippen LogP contribution in [0.4, 0.5) is 13.2 Å². The van der Waals surface area contributed by atoms with E-state index >= 15 is 0 Å². The van der Waals surface area contributed by atoms with E-state index in [4.69, 9.17) is 15.2 Å². The summed E-state index contributed by atoms with van der Waals surface area (Å²) in [5.41, 5.74) is 4.60. The predicted molar refractivity (Wildman–Crippen MR) is 65.9 cm³/mol. The molecule has 1 atom stereocenters. The van der Waals surface area contributed by atoms with E-state index in [-0.39, 0.29) is 24.0 Å². The minimum absolute atomic E-state index is 0.0531. The third-order valence-corrected chi connectivity index (χ3v) is 2.50. The van der Waals surface area contributed by atoms with Gasteiger partial charge >= 0.3 is 6.18 Å². The van der Waals surface area contributed by atoms with Crippen molar-refractivity contribution in [1.82, 2.24) is 0 Å². The van der Waals surface area contributed by atoms with Crippen molar-refractivity contribution in [2.24, 2.45) is 5.73 Å². The van der Waals surface area contributed by atoms with Crippen LogP contribution in [0.5, 0.6) is 5.75 Å². The van der Waals surface area contributed by atoms with Gasteiger partial charge in [0.05, 0.1) is 12.2 Å². The molecule has 0 bridgehead atoms. The summed E-state index contributed by atoms with van der Waals surface area (Å²) in [6.45, 7) is 4.28. The van der Waals surface area contributed by atoms with Crippen molar-refractivity contribution >= 4 is 0 Å². The summed E-state index contributed by atoms with van der Waals surface area (Å²) < 4.78 is 49.0. The van der Waals surface area contributed by atoms with Gasteiger partial charge in [-0.1, -0.05) is 6.07 Å². The molecule has 0 radical (unpaired) electrons. The van der Waals surface area contributed by atoms with E-state index < -0.39 is 11.7 Å². The third-order valence-electron chi connectivity index (χ3n) is 2.50. The zero-order chi connectivity index (χ0) is 14.5. The Bertz CT molecular complexity index is 407. The van der Waals surface area contributed by atoms with Crippen LogP contribution in [0.15, 0.2) is 18.2 Å². The lowest BCUT2D eigenvalue weighted by atomic mass is 10.1. The number of alkyl halides is 3. The molecule has 1 unspecified atom stereocenters. The standard InChI is InChI=1S/C13H18F3NO2/c1-3-18-8-9(2)19-11-5-4-10(7-17)12(6-11)13(14,15)16/h4-6,9H,3,7-8,17H2,1-2H3. The maximum absolute atomic E-state index is 12.8. The predicted octanol–water partition coefficient (Wildman–Crippen LogP) is 2.97. The van der Waals surface area contributed by atoms with Crippen molar-refractivity contribution in [2.45, 2.75) is 32.7 Å². The Morgan fingerprint density at radius 1 is 1.32 bits per heavy atom. The molecule has 0 saturated heterocycles. The zero-order valence-corrected chi connectivity index (χ0v) is 11.0. The van der Waals surface area contributed by atoms with E-state index in [1.54, 1.807) is 6.92 Å².